The third-order valence-corrected chi connectivity index (χ3v) is 1.83. The lowest BCUT2D eigenvalue weighted by Crippen LogP contribution is -2.09. The zero-order valence-corrected chi connectivity index (χ0v) is 9.61. The maximum Gasteiger partial charge on any atom is 0.128 e. The average molecular weight is 207 g/mol. The fourth-order valence-electron chi connectivity index (χ4n) is 1.02. The molecule has 0 heterocycles. The number of rotatable bonds is 2. The van der Waals surface area contributed by atoms with Crippen molar-refractivity contribution in [2.24, 2.45) is 4.99 Å². The molecule has 0 aliphatic rings. The molecule has 0 radical (unpaired) electrons. The Labute approximate surface area is 90.4 Å². The van der Waals surface area contributed by atoms with Gasteiger partial charge in [0, 0.05) is 17.8 Å². The van der Waals surface area contributed by atoms with E-state index in [1.54, 1.807) is 31.5 Å². The smallest absolute Gasteiger partial charge is 0.128 e. The van der Waals surface area contributed by atoms with Crippen molar-refractivity contribution >= 4 is 6.21 Å². The molecule has 0 aliphatic heterocycles. The number of ether oxygens (including phenoxy) is 1. The van der Waals surface area contributed by atoms with Crippen molar-refractivity contribution in [2.45, 2.75) is 26.3 Å². The average Bonchev–Trinajstić information content (AvgIpc) is 2.14. The summed E-state index contributed by atoms with van der Waals surface area (Å²) in [6.07, 6.45) is 1.68. The van der Waals surface area contributed by atoms with Crippen molar-refractivity contribution in [3.63, 3.8) is 0 Å². The molecule has 0 saturated carbocycles. The SMILES string of the molecule is COc1ccc(C=NC(C)(C)C)c(O)c1. The van der Waals surface area contributed by atoms with E-state index in [4.69, 9.17) is 4.74 Å². The van der Waals surface area contributed by atoms with E-state index in [9.17, 15) is 5.11 Å². The molecule has 0 amide bonds. The molecule has 3 nitrogen and oxygen atoms in total. The summed E-state index contributed by atoms with van der Waals surface area (Å²) in [7, 11) is 1.57. The largest absolute Gasteiger partial charge is 0.507 e. The molecule has 1 aromatic rings. The molecule has 0 spiro atoms. The van der Waals surface area contributed by atoms with Gasteiger partial charge in [-0.15, -0.1) is 0 Å². The van der Waals surface area contributed by atoms with Gasteiger partial charge in [-0.2, -0.15) is 0 Å². The van der Waals surface area contributed by atoms with Gasteiger partial charge in [0.2, 0.25) is 0 Å². The highest BCUT2D eigenvalue weighted by molar-refractivity contribution is 5.83. The fraction of sp³-hybridized carbons (Fsp3) is 0.417. The maximum atomic E-state index is 9.65. The quantitative estimate of drug-likeness (QED) is 0.757. The van der Waals surface area contributed by atoms with Crippen LogP contribution in [0.4, 0.5) is 0 Å². The van der Waals surface area contributed by atoms with Crippen LogP contribution in [0.15, 0.2) is 23.2 Å². The van der Waals surface area contributed by atoms with Crippen LogP contribution < -0.4 is 4.74 Å². The van der Waals surface area contributed by atoms with Gasteiger partial charge in [0.1, 0.15) is 11.5 Å². The minimum atomic E-state index is -0.133. The molecular formula is C12H17NO2. The second-order valence-corrected chi connectivity index (χ2v) is 4.35. The number of phenols is 1. The van der Waals surface area contributed by atoms with Gasteiger partial charge in [0.05, 0.1) is 12.6 Å². The Balaban J connectivity index is 2.92. The highest BCUT2D eigenvalue weighted by Crippen LogP contribution is 2.22. The normalized spacial score (nSPS) is 12.0. The van der Waals surface area contributed by atoms with E-state index < -0.39 is 0 Å². The first-order valence-electron chi connectivity index (χ1n) is 4.84. The van der Waals surface area contributed by atoms with Crippen molar-refractivity contribution in [3.8, 4) is 11.5 Å². The summed E-state index contributed by atoms with van der Waals surface area (Å²) in [5, 5.41) is 9.65. The summed E-state index contributed by atoms with van der Waals surface area (Å²) in [6.45, 7) is 6.01. The molecule has 0 bridgehead atoms. The number of nitrogens with zero attached hydrogens (tertiary/aromatic N) is 1. The lowest BCUT2D eigenvalue weighted by Gasteiger charge is -2.11. The van der Waals surface area contributed by atoms with E-state index >= 15 is 0 Å². The van der Waals surface area contributed by atoms with E-state index in [-0.39, 0.29) is 11.3 Å². The van der Waals surface area contributed by atoms with Crippen LogP contribution in [-0.2, 0) is 0 Å². The maximum absolute atomic E-state index is 9.65. The van der Waals surface area contributed by atoms with E-state index in [0.29, 0.717) is 11.3 Å². The summed E-state index contributed by atoms with van der Waals surface area (Å²) < 4.78 is 4.99. The van der Waals surface area contributed by atoms with E-state index in [0.717, 1.165) is 0 Å². The molecule has 1 N–H and O–H groups in total. The topological polar surface area (TPSA) is 41.8 Å². The molecule has 1 rings (SSSR count). The number of hydrogen-bond acceptors (Lipinski definition) is 3. The first kappa shape index (κ1) is 11.6. The Bertz CT molecular complexity index is 364. The zero-order valence-electron chi connectivity index (χ0n) is 9.61. The van der Waals surface area contributed by atoms with Gasteiger partial charge in [-0.25, -0.2) is 0 Å². The van der Waals surface area contributed by atoms with Crippen molar-refractivity contribution in [1.82, 2.24) is 0 Å². The number of aliphatic imine (C=N–C) groups is 1. The Morgan fingerprint density at radius 1 is 1.33 bits per heavy atom. The summed E-state index contributed by atoms with van der Waals surface area (Å²) in [5.41, 5.74) is 0.567. The molecule has 82 valence electrons. The minimum Gasteiger partial charge on any atom is -0.507 e. The Morgan fingerprint density at radius 3 is 2.47 bits per heavy atom. The lowest BCUT2D eigenvalue weighted by atomic mass is 10.1. The number of phenolic OH excluding ortho intramolecular Hbond substituents is 1. The summed E-state index contributed by atoms with van der Waals surface area (Å²) >= 11 is 0. The Morgan fingerprint density at radius 2 is 2.00 bits per heavy atom. The van der Waals surface area contributed by atoms with Crippen molar-refractivity contribution in [2.75, 3.05) is 7.11 Å². The number of aromatic hydroxyl groups is 1. The monoisotopic (exact) mass is 207 g/mol. The summed E-state index contributed by atoms with van der Waals surface area (Å²) in [6, 6.07) is 5.15. The summed E-state index contributed by atoms with van der Waals surface area (Å²) in [4.78, 5) is 4.32. The highest BCUT2D eigenvalue weighted by Gasteiger charge is 2.06. The Hall–Kier alpha value is -1.51. The molecule has 0 fully saturated rings. The van der Waals surface area contributed by atoms with Gasteiger partial charge in [-0.05, 0) is 32.9 Å². The second kappa shape index (κ2) is 4.34. The minimum absolute atomic E-state index is 0.133. The van der Waals surface area contributed by atoms with Crippen LogP contribution in [0.25, 0.3) is 0 Å². The van der Waals surface area contributed by atoms with Crippen LogP contribution >= 0.6 is 0 Å². The molecule has 15 heavy (non-hydrogen) atoms. The van der Waals surface area contributed by atoms with E-state index in [1.807, 2.05) is 20.8 Å². The van der Waals surface area contributed by atoms with Gasteiger partial charge >= 0.3 is 0 Å². The first-order valence-corrected chi connectivity index (χ1v) is 4.84. The number of methoxy groups -OCH3 is 1. The van der Waals surface area contributed by atoms with Gasteiger partial charge in [-0.3, -0.25) is 4.99 Å². The molecule has 0 aromatic heterocycles. The highest BCUT2D eigenvalue weighted by atomic mass is 16.5. The molecule has 0 saturated heterocycles. The lowest BCUT2D eigenvalue weighted by molar-refractivity contribution is 0.407. The van der Waals surface area contributed by atoms with Crippen LogP contribution in [0.1, 0.15) is 26.3 Å². The van der Waals surface area contributed by atoms with E-state index in [1.165, 1.54) is 0 Å². The standard InChI is InChI=1S/C12H17NO2/c1-12(2,3)13-8-9-5-6-10(15-4)7-11(9)14/h5-8,14H,1-4H3. The van der Waals surface area contributed by atoms with Crippen molar-refractivity contribution < 1.29 is 9.84 Å². The first-order chi connectivity index (χ1) is 6.92. The van der Waals surface area contributed by atoms with Gasteiger partial charge in [0.15, 0.2) is 0 Å². The van der Waals surface area contributed by atoms with Crippen LogP contribution in [0.3, 0.4) is 0 Å². The van der Waals surface area contributed by atoms with Crippen molar-refractivity contribution in [3.05, 3.63) is 23.8 Å². The molecule has 1 aromatic carbocycles. The number of benzene rings is 1. The molecule has 0 aliphatic carbocycles. The van der Waals surface area contributed by atoms with Gasteiger partial charge < -0.3 is 9.84 Å². The van der Waals surface area contributed by atoms with Crippen LogP contribution in [0.5, 0.6) is 11.5 Å². The molecule has 3 heteroatoms. The van der Waals surface area contributed by atoms with Crippen LogP contribution in [-0.4, -0.2) is 24.0 Å². The fourth-order valence-corrected chi connectivity index (χ4v) is 1.02. The Kier molecular flexibility index (Phi) is 3.35. The van der Waals surface area contributed by atoms with Gasteiger partial charge in [-0.1, -0.05) is 0 Å². The third kappa shape index (κ3) is 3.62. The number of hydrogen-bond donors (Lipinski definition) is 1. The van der Waals surface area contributed by atoms with Crippen LogP contribution in [0, 0.1) is 0 Å². The van der Waals surface area contributed by atoms with E-state index in [2.05, 4.69) is 4.99 Å². The molecule has 0 unspecified atom stereocenters. The zero-order chi connectivity index (χ0) is 11.5. The molecular weight excluding hydrogens is 190 g/mol. The van der Waals surface area contributed by atoms with Crippen molar-refractivity contribution in [1.29, 1.82) is 0 Å². The van der Waals surface area contributed by atoms with Gasteiger partial charge in [0.25, 0.3) is 0 Å². The third-order valence-electron chi connectivity index (χ3n) is 1.83. The second-order valence-electron chi connectivity index (χ2n) is 4.35. The predicted octanol–water partition coefficient (Wildman–Crippen LogP) is 2.62. The molecule has 0 atom stereocenters. The van der Waals surface area contributed by atoms with Crippen LogP contribution in [0.2, 0.25) is 0 Å². The summed E-state index contributed by atoms with van der Waals surface area (Å²) in [5.74, 6) is 0.822. The predicted molar refractivity (Wildman–Crippen MR) is 62.0 cm³/mol.